The van der Waals surface area contributed by atoms with E-state index in [1.54, 1.807) is 12.1 Å². The average Bonchev–Trinajstić information content (AvgIpc) is 3.11. The minimum atomic E-state index is -0.488. The number of nitrogens with zero attached hydrogens (tertiary/aromatic N) is 3. The summed E-state index contributed by atoms with van der Waals surface area (Å²) in [6.07, 6.45) is 0. The molecule has 25 heavy (non-hydrogen) atoms. The van der Waals surface area contributed by atoms with Crippen molar-refractivity contribution in [1.29, 1.82) is 0 Å². The zero-order valence-electron chi connectivity index (χ0n) is 12.7. The number of pyridine rings is 1. The van der Waals surface area contributed by atoms with Gasteiger partial charge in [0.15, 0.2) is 0 Å². The van der Waals surface area contributed by atoms with E-state index in [1.807, 2.05) is 18.2 Å². The molecule has 0 spiro atoms. The summed E-state index contributed by atoms with van der Waals surface area (Å²) in [4.78, 5) is 29.5. The second kappa shape index (κ2) is 5.68. The molecule has 2 aromatic carbocycles. The first kappa shape index (κ1) is 14.8. The number of nitro groups is 1. The highest BCUT2D eigenvalue weighted by Crippen LogP contribution is 2.24. The van der Waals surface area contributed by atoms with Crippen molar-refractivity contribution in [3.8, 4) is 22.8 Å². The van der Waals surface area contributed by atoms with E-state index in [1.165, 1.54) is 24.3 Å². The normalized spacial score (nSPS) is 10.9. The molecule has 4 rings (SSSR count). The van der Waals surface area contributed by atoms with E-state index in [-0.39, 0.29) is 28.5 Å². The molecule has 0 bridgehead atoms. The molecule has 2 aromatic heterocycles. The molecular weight excluding hydrogens is 324 g/mol. The molecule has 0 fully saturated rings. The molecule has 0 aliphatic rings. The van der Waals surface area contributed by atoms with Crippen LogP contribution in [0.2, 0.25) is 0 Å². The molecule has 8 heteroatoms. The maximum absolute atomic E-state index is 12.2. The molecule has 0 aliphatic carbocycles. The molecule has 0 aliphatic heterocycles. The highest BCUT2D eigenvalue weighted by molar-refractivity contribution is 5.82. The standard InChI is InChI=1S/C17H10N4O4/c22-16-13(9-11-3-1-2-4-14(11)18-16)15-19-17(25-20-15)10-5-7-12(8-6-10)21(23)24/h1-9H,(H,18,22). The minimum Gasteiger partial charge on any atom is -0.334 e. The fraction of sp³-hybridized carbons (Fsp3) is 0. The maximum atomic E-state index is 12.2. The largest absolute Gasteiger partial charge is 0.334 e. The highest BCUT2D eigenvalue weighted by Gasteiger charge is 2.15. The van der Waals surface area contributed by atoms with Crippen LogP contribution in [0.4, 0.5) is 5.69 Å². The number of aromatic nitrogens is 3. The molecule has 8 nitrogen and oxygen atoms in total. The number of hydrogen-bond donors (Lipinski definition) is 1. The van der Waals surface area contributed by atoms with Crippen LogP contribution in [-0.2, 0) is 0 Å². The summed E-state index contributed by atoms with van der Waals surface area (Å²) in [7, 11) is 0. The van der Waals surface area contributed by atoms with Crippen LogP contribution in [0.3, 0.4) is 0 Å². The van der Waals surface area contributed by atoms with Gasteiger partial charge in [0.05, 0.1) is 10.5 Å². The van der Waals surface area contributed by atoms with Crippen molar-refractivity contribution < 1.29 is 9.45 Å². The molecule has 4 aromatic rings. The number of fused-ring (bicyclic) bond motifs is 1. The fourth-order valence-corrected chi connectivity index (χ4v) is 2.49. The third kappa shape index (κ3) is 2.65. The van der Waals surface area contributed by atoms with Gasteiger partial charge in [0.2, 0.25) is 5.82 Å². The van der Waals surface area contributed by atoms with Gasteiger partial charge >= 0.3 is 0 Å². The summed E-state index contributed by atoms with van der Waals surface area (Å²) in [5, 5.41) is 15.4. The van der Waals surface area contributed by atoms with Crippen molar-refractivity contribution in [3.05, 3.63) is 75.1 Å². The van der Waals surface area contributed by atoms with E-state index < -0.39 is 4.92 Å². The summed E-state index contributed by atoms with van der Waals surface area (Å²) in [6.45, 7) is 0. The Hall–Kier alpha value is -3.81. The molecule has 122 valence electrons. The number of para-hydroxylation sites is 1. The number of hydrogen-bond acceptors (Lipinski definition) is 6. The predicted octanol–water partition coefficient (Wildman–Crippen LogP) is 3.15. The Morgan fingerprint density at radius 3 is 2.60 bits per heavy atom. The van der Waals surface area contributed by atoms with Crippen LogP contribution in [0.1, 0.15) is 0 Å². The first-order valence-electron chi connectivity index (χ1n) is 7.33. The Bertz CT molecular complexity index is 1150. The number of H-pyrrole nitrogens is 1. The number of non-ortho nitro benzene ring substituents is 1. The zero-order chi connectivity index (χ0) is 17.4. The Balaban J connectivity index is 1.75. The first-order chi connectivity index (χ1) is 12.1. The smallest absolute Gasteiger partial charge is 0.269 e. The molecular formula is C17H10N4O4. The molecule has 0 radical (unpaired) electrons. The molecule has 0 saturated carbocycles. The summed E-state index contributed by atoms with van der Waals surface area (Å²) < 4.78 is 5.19. The summed E-state index contributed by atoms with van der Waals surface area (Å²) in [5.41, 5.74) is 1.18. The van der Waals surface area contributed by atoms with Crippen LogP contribution in [-0.4, -0.2) is 20.0 Å². The van der Waals surface area contributed by atoms with Gasteiger partial charge in [-0.2, -0.15) is 4.98 Å². The van der Waals surface area contributed by atoms with Crippen molar-refractivity contribution in [2.45, 2.75) is 0 Å². The lowest BCUT2D eigenvalue weighted by Crippen LogP contribution is -2.09. The second-order valence-electron chi connectivity index (χ2n) is 5.33. The van der Waals surface area contributed by atoms with E-state index in [0.717, 1.165) is 10.9 Å². The summed E-state index contributed by atoms with van der Waals surface area (Å²) in [6, 6.07) is 14.8. The van der Waals surface area contributed by atoms with Crippen LogP contribution in [0.15, 0.2) is 63.9 Å². The van der Waals surface area contributed by atoms with E-state index in [4.69, 9.17) is 4.52 Å². The van der Waals surface area contributed by atoms with Crippen LogP contribution in [0, 0.1) is 10.1 Å². The lowest BCUT2D eigenvalue weighted by atomic mass is 10.1. The number of nitro benzene ring substituents is 1. The molecule has 0 amide bonds. The number of benzene rings is 2. The summed E-state index contributed by atoms with van der Waals surface area (Å²) in [5.74, 6) is 0.331. The highest BCUT2D eigenvalue weighted by atomic mass is 16.6. The molecule has 2 heterocycles. The van der Waals surface area contributed by atoms with E-state index in [2.05, 4.69) is 15.1 Å². The molecule has 0 atom stereocenters. The monoisotopic (exact) mass is 334 g/mol. The molecule has 0 unspecified atom stereocenters. The van der Waals surface area contributed by atoms with Gasteiger partial charge in [0.25, 0.3) is 17.1 Å². The first-order valence-corrected chi connectivity index (χ1v) is 7.33. The second-order valence-corrected chi connectivity index (χ2v) is 5.33. The van der Waals surface area contributed by atoms with E-state index >= 15 is 0 Å². The quantitative estimate of drug-likeness (QED) is 0.454. The van der Waals surface area contributed by atoms with Crippen LogP contribution in [0.5, 0.6) is 0 Å². The Morgan fingerprint density at radius 1 is 1.08 bits per heavy atom. The van der Waals surface area contributed by atoms with Gasteiger partial charge in [-0.05, 0) is 29.7 Å². The molecule has 0 saturated heterocycles. The maximum Gasteiger partial charge on any atom is 0.269 e. The molecule has 1 N–H and O–H groups in total. The van der Waals surface area contributed by atoms with E-state index in [9.17, 15) is 14.9 Å². The fourth-order valence-electron chi connectivity index (χ4n) is 2.49. The Kier molecular flexibility index (Phi) is 3.35. The third-order valence-corrected chi connectivity index (χ3v) is 3.75. The van der Waals surface area contributed by atoms with Crippen molar-refractivity contribution in [3.63, 3.8) is 0 Å². The average molecular weight is 334 g/mol. The van der Waals surface area contributed by atoms with Crippen LogP contribution >= 0.6 is 0 Å². The number of rotatable bonds is 3. The number of nitrogens with one attached hydrogen (secondary N) is 1. The van der Waals surface area contributed by atoms with Gasteiger partial charge in [-0.3, -0.25) is 14.9 Å². The van der Waals surface area contributed by atoms with Gasteiger partial charge in [0, 0.05) is 23.2 Å². The topological polar surface area (TPSA) is 115 Å². The Labute approximate surface area is 139 Å². The SMILES string of the molecule is O=c1[nH]c2ccccc2cc1-c1noc(-c2ccc([N+](=O)[O-])cc2)n1. The van der Waals surface area contributed by atoms with Crippen molar-refractivity contribution in [1.82, 2.24) is 15.1 Å². The lowest BCUT2D eigenvalue weighted by Gasteiger charge is -1.99. The van der Waals surface area contributed by atoms with Crippen LogP contribution < -0.4 is 5.56 Å². The summed E-state index contributed by atoms with van der Waals surface area (Å²) >= 11 is 0. The number of aromatic amines is 1. The van der Waals surface area contributed by atoms with Gasteiger partial charge in [-0.25, -0.2) is 0 Å². The predicted molar refractivity (Wildman–Crippen MR) is 90.0 cm³/mol. The van der Waals surface area contributed by atoms with Crippen molar-refractivity contribution >= 4 is 16.6 Å². The van der Waals surface area contributed by atoms with E-state index in [0.29, 0.717) is 5.56 Å². The Morgan fingerprint density at radius 2 is 1.84 bits per heavy atom. The van der Waals surface area contributed by atoms with Gasteiger partial charge in [-0.1, -0.05) is 23.4 Å². The lowest BCUT2D eigenvalue weighted by molar-refractivity contribution is -0.384. The third-order valence-electron chi connectivity index (χ3n) is 3.75. The van der Waals surface area contributed by atoms with Gasteiger partial charge < -0.3 is 9.51 Å². The zero-order valence-corrected chi connectivity index (χ0v) is 12.7. The van der Waals surface area contributed by atoms with Gasteiger partial charge in [-0.15, -0.1) is 0 Å². The van der Waals surface area contributed by atoms with Crippen molar-refractivity contribution in [2.24, 2.45) is 0 Å². The minimum absolute atomic E-state index is 0.0329. The van der Waals surface area contributed by atoms with Gasteiger partial charge in [0.1, 0.15) is 0 Å². The van der Waals surface area contributed by atoms with Crippen molar-refractivity contribution in [2.75, 3.05) is 0 Å². The van der Waals surface area contributed by atoms with Crippen LogP contribution in [0.25, 0.3) is 33.7 Å².